The standard InChI is InChI=1S/C18H13N3O2S/c22-18(23)13-6-2-1-5-12(13)16-9-19-17(24-16)10-21-11-20-14-7-3-4-8-15(14)21/h1-9,11H,10H2,(H,22,23). The molecule has 24 heavy (non-hydrogen) atoms. The fraction of sp³-hybridized carbons (Fsp3) is 0.0556. The molecule has 118 valence electrons. The molecule has 2 aromatic carbocycles. The minimum absolute atomic E-state index is 0.292. The van der Waals surface area contributed by atoms with Crippen molar-refractivity contribution in [3.8, 4) is 10.4 Å². The Bertz CT molecular complexity index is 1040. The average Bonchev–Trinajstić information content (AvgIpc) is 3.23. The lowest BCUT2D eigenvalue weighted by Crippen LogP contribution is -1.98. The summed E-state index contributed by atoms with van der Waals surface area (Å²) in [5.41, 5.74) is 3.00. The van der Waals surface area contributed by atoms with E-state index in [0.29, 0.717) is 17.7 Å². The highest BCUT2D eigenvalue weighted by atomic mass is 32.1. The summed E-state index contributed by atoms with van der Waals surface area (Å²) in [7, 11) is 0. The molecule has 0 unspecified atom stereocenters. The Hall–Kier alpha value is -2.99. The first-order valence-corrected chi connectivity index (χ1v) is 8.21. The fourth-order valence-electron chi connectivity index (χ4n) is 2.67. The van der Waals surface area contributed by atoms with Gasteiger partial charge < -0.3 is 9.67 Å². The fourth-order valence-corrected chi connectivity index (χ4v) is 3.63. The predicted molar refractivity (Wildman–Crippen MR) is 93.3 cm³/mol. The van der Waals surface area contributed by atoms with Crippen molar-refractivity contribution in [2.75, 3.05) is 0 Å². The third-order valence-corrected chi connectivity index (χ3v) is 4.82. The van der Waals surface area contributed by atoms with Gasteiger partial charge in [0.1, 0.15) is 5.01 Å². The first-order chi connectivity index (χ1) is 11.7. The van der Waals surface area contributed by atoms with Gasteiger partial charge in [-0.25, -0.2) is 14.8 Å². The number of rotatable bonds is 4. The Labute approximate surface area is 141 Å². The van der Waals surface area contributed by atoms with Gasteiger partial charge in [0, 0.05) is 11.8 Å². The maximum atomic E-state index is 11.4. The smallest absolute Gasteiger partial charge is 0.336 e. The molecule has 0 amide bonds. The number of nitrogens with zero attached hydrogens (tertiary/aromatic N) is 3. The van der Waals surface area contributed by atoms with Crippen molar-refractivity contribution in [3.05, 3.63) is 71.6 Å². The number of imidazole rings is 1. The van der Waals surface area contributed by atoms with Crippen LogP contribution in [0.15, 0.2) is 61.1 Å². The number of benzene rings is 2. The molecule has 0 fully saturated rings. The van der Waals surface area contributed by atoms with Gasteiger partial charge in [0.05, 0.1) is 34.3 Å². The normalized spacial score (nSPS) is 11.0. The third-order valence-electron chi connectivity index (χ3n) is 3.81. The van der Waals surface area contributed by atoms with Crippen molar-refractivity contribution >= 4 is 28.3 Å². The SMILES string of the molecule is O=C(O)c1ccccc1-c1cnc(Cn2cnc3ccccc32)s1. The number of carboxylic acids is 1. The molecular formula is C18H13N3O2S. The molecular weight excluding hydrogens is 322 g/mol. The number of aromatic nitrogens is 3. The molecule has 4 rings (SSSR count). The van der Waals surface area contributed by atoms with E-state index in [1.54, 1.807) is 24.7 Å². The Balaban J connectivity index is 1.67. The Morgan fingerprint density at radius 2 is 1.88 bits per heavy atom. The highest BCUT2D eigenvalue weighted by molar-refractivity contribution is 7.15. The van der Waals surface area contributed by atoms with Gasteiger partial charge in [0.15, 0.2) is 0 Å². The average molecular weight is 335 g/mol. The van der Waals surface area contributed by atoms with Gasteiger partial charge in [-0.2, -0.15) is 0 Å². The lowest BCUT2D eigenvalue weighted by atomic mass is 10.1. The Morgan fingerprint density at radius 1 is 1.08 bits per heavy atom. The molecule has 0 aliphatic carbocycles. The lowest BCUT2D eigenvalue weighted by molar-refractivity contribution is 0.0698. The van der Waals surface area contributed by atoms with Crippen LogP contribution in [-0.2, 0) is 6.54 Å². The number of aromatic carboxylic acids is 1. The zero-order valence-corrected chi connectivity index (χ0v) is 13.4. The number of carbonyl (C=O) groups is 1. The molecule has 0 aliphatic rings. The topological polar surface area (TPSA) is 68.0 Å². The molecule has 4 aromatic rings. The van der Waals surface area contributed by atoms with Gasteiger partial charge in [0.2, 0.25) is 0 Å². The molecule has 0 aliphatic heterocycles. The van der Waals surface area contributed by atoms with Gasteiger partial charge in [-0.15, -0.1) is 11.3 Å². The van der Waals surface area contributed by atoms with Crippen molar-refractivity contribution in [1.82, 2.24) is 14.5 Å². The summed E-state index contributed by atoms with van der Waals surface area (Å²) >= 11 is 1.50. The van der Waals surface area contributed by atoms with Crippen molar-refractivity contribution in [3.63, 3.8) is 0 Å². The Morgan fingerprint density at radius 3 is 2.75 bits per heavy atom. The van der Waals surface area contributed by atoms with Crippen molar-refractivity contribution in [1.29, 1.82) is 0 Å². The molecule has 5 nitrogen and oxygen atoms in total. The number of para-hydroxylation sites is 2. The molecule has 1 N–H and O–H groups in total. The zero-order valence-electron chi connectivity index (χ0n) is 12.6. The first kappa shape index (κ1) is 14.6. The predicted octanol–water partition coefficient (Wildman–Crippen LogP) is 3.91. The van der Waals surface area contributed by atoms with E-state index < -0.39 is 5.97 Å². The number of hydrogen-bond donors (Lipinski definition) is 1. The van der Waals surface area contributed by atoms with E-state index >= 15 is 0 Å². The van der Waals surface area contributed by atoms with E-state index in [4.69, 9.17) is 0 Å². The molecule has 2 aromatic heterocycles. The summed E-state index contributed by atoms with van der Waals surface area (Å²) < 4.78 is 2.04. The summed E-state index contributed by atoms with van der Waals surface area (Å²) in [6, 6.07) is 14.9. The van der Waals surface area contributed by atoms with Crippen LogP contribution in [0.25, 0.3) is 21.5 Å². The van der Waals surface area contributed by atoms with Crippen molar-refractivity contribution in [2.45, 2.75) is 6.54 Å². The van der Waals surface area contributed by atoms with E-state index in [0.717, 1.165) is 20.9 Å². The number of fused-ring (bicyclic) bond motifs is 1. The number of thiazole rings is 1. The zero-order chi connectivity index (χ0) is 16.5. The van der Waals surface area contributed by atoms with E-state index in [2.05, 4.69) is 9.97 Å². The first-order valence-electron chi connectivity index (χ1n) is 7.39. The second-order valence-electron chi connectivity index (χ2n) is 5.33. The summed E-state index contributed by atoms with van der Waals surface area (Å²) in [6.07, 6.45) is 3.54. The van der Waals surface area contributed by atoms with Crippen LogP contribution < -0.4 is 0 Å². The van der Waals surface area contributed by atoms with Crippen LogP contribution in [0.1, 0.15) is 15.4 Å². The van der Waals surface area contributed by atoms with Crippen LogP contribution in [-0.4, -0.2) is 25.6 Å². The highest BCUT2D eigenvalue weighted by Gasteiger charge is 2.14. The minimum Gasteiger partial charge on any atom is -0.478 e. The van der Waals surface area contributed by atoms with Gasteiger partial charge in [-0.3, -0.25) is 0 Å². The Kier molecular flexibility index (Phi) is 3.59. The van der Waals surface area contributed by atoms with Gasteiger partial charge in [-0.1, -0.05) is 30.3 Å². The van der Waals surface area contributed by atoms with Crippen molar-refractivity contribution < 1.29 is 9.90 Å². The van der Waals surface area contributed by atoms with Crippen molar-refractivity contribution in [2.24, 2.45) is 0 Å². The quantitative estimate of drug-likeness (QED) is 0.614. The van der Waals surface area contributed by atoms with Gasteiger partial charge >= 0.3 is 5.97 Å². The summed E-state index contributed by atoms with van der Waals surface area (Å²) in [4.78, 5) is 21.1. The number of hydrogen-bond acceptors (Lipinski definition) is 4. The molecule has 0 saturated carbocycles. The van der Waals surface area contributed by atoms with Crippen LogP contribution in [0.2, 0.25) is 0 Å². The molecule has 2 heterocycles. The lowest BCUT2D eigenvalue weighted by Gasteiger charge is -2.02. The van der Waals surface area contributed by atoms with Crippen LogP contribution in [0.4, 0.5) is 0 Å². The number of carboxylic acid groups (broad SMARTS) is 1. The second kappa shape index (κ2) is 5.90. The maximum absolute atomic E-state index is 11.4. The summed E-state index contributed by atoms with van der Waals surface area (Å²) in [5.74, 6) is -0.929. The third kappa shape index (κ3) is 2.57. The molecule has 0 saturated heterocycles. The van der Waals surface area contributed by atoms with Gasteiger partial charge in [-0.05, 0) is 18.2 Å². The van der Waals surface area contributed by atoms with Crippen LogP contribution in [0, 0.1) is 0 Å². The molecule has 6 heteroatoms. The minimum atomic E-state index is -0.929. The largest absolute Gasteiger partial charge is 0.478 e. The monoisotopic (exact) mass is 335 g/mol. The summed E-state index contributed by atoms with van der Waals surface area (Å²) in [5, 5.41) is 10.2. The van der Waals surface area contributed by atoms with E-state index in [1.165, 1.54) is 11.3 Å². The van der Waals surface area contributed by atoms with Crippen LogP contribution in [0.5, 0.6) is 0 Å². The maximum Gasteiger partial charge on any atom is 0.336 e. The van der Waals surface area contributed by atoms with E-state index in [-0.39, 0.29) is 0 Å². The highest BCUT2D eigenvalue weighted by Crippen LogP contribution is 2.30. The van der Waals surface area contributed by atoms with Crippen LogP contribution in [0.3, 0.4) is 0 Å². The van der Waals surface area contributed by atoms with Gasteiger partial charge in [0.25, 0.3) is 0 Å². The van der Waals surface area contributed by atoms with Crippen LogP contribution >= 0.6 is 11.3 Å². The van der Waals surface area contributed by atoms with E-state index in [1.807, 2.05) is 41.0 Å². The summed E-state index contributed by atoms with van der Waals surface area (Å²) in [6.45, 7) is 0.612. The molecule has 0 bridgehead atoms. The second-order valence-corrected chi connectivity index (χ2v) is 6.45. The molecule has 0 radical (unpaired) electrons. The van der Waals surface area contributed by atoms with E-state index in [9.17, 15) is 9.90 Å². The molecule has 0 spiro atoms. The molecule has 0 atom stereocenters.